The van der Waals surface area contributed by atoms with Crippen LogP contribution in [0.5, 0.6) is 0 Å². The van der Waals surface area contributed by atoms with E-state index in [0.29, 0.717) is 0 Å². The number of halogens is 3. The van der Waals surface area contributed by atoms with Gasteiger partial charge in [0.25, 0.3) is 5.91 Å². The number of carbonyl (C=O) groups is 1. The van der Waals surface area contributed by atoms with Gasteiger partial charge >= 0.3 is 6.18 Å². The van der Waals surface area contributed by atoms with Gasteiger partial charge in [0.2, 0.25) is 0 Å². The maximum absolute atomic E-state index is 12.7. The average molecular weight is 394 g/mol. The summed E-state index contributed by atoms with van der Waals surface area (Å²) in [7, 11) is 3.66. The summed E-state index contributed by atoms with van der Waals surface area (Å²) in [6.45, 7) is 4.59. The topological polar surface area (TPSA) is 41.4 Å². The van der Waals surface area contributed by atoms with Crippen molar-refractivity contribution in [3.63, 3.8) is 0 Å². The molecule has 1 aliphatic rings. The molecule has 1 amide bonds. The number of amides is 1. The van der Waals surface area contributed by atoms with Crippen LogP contribution in [0.1, 0.15) is 40.0 Å². The lowest BCUT2D eigenvalue weighted by molar-refractivity contribution is -0.137. The number of aromatic nitrogens is 2. The molecule has 0 bridgehead atoms. The highest BCUT2D eigenvalue weighted by Crippen LogP contribution is 2.29. The molecule has 0 N–H and O–H groups in total. The minimum atomic E-state index is -4.40. The molecule has 0 spiro atoms. The van der Waals surface area contributed by atoms with Crippen molar-refractivity contribution in [3.8, 4) is 0 Å². The van der Waals surface area contributed by atoms with Crippen LogP contribution in [0.25, 0.3) is 0 Å². The summed E-state index contributed by atoms with van der Waals surface area (Å²) in [6, 6.07) is 4.50. The smallest absolute Gasteiger partial charge is 0.339 e. The van der Waals surface area contributed by atoms with E-state index in [-0.39, 0.29) is 17.5 Å². The zero-order chi connectivity index (χ0) is 20.5. The normalized spacial score (nSPS) is 16.4. The SMILES string of the molecule is Cc1cnn(C)c1CN1CCC(N(C)C(=O)c2ccc(C(F)(F)F)cc2)CC1. The Labute approximate surface area is 162 Å². The number of carbonyl (C=O) groups excluding carboxylic acids is 1. The Hall–Kier alpha value is -2.35. The van der Waals surface area contributed by atoms with Crippen LogP contribution in [0.2, 0.25) is 0 Å². The highest BCUT2D eigenvalue weighted by molar-refractivity contribution is 5.94. The molecule has 0 atom stereocenters. The fourth-order valence-corrected chi connectivity index (χ4v) is 3.65. The first-order valence-corrected chi connectivity index (χ1v) is 9.31. The van der Waals surface area contributed by atoms with E-state index in [0.717, 1.165) is 44.6 Å². The zero-order valence-electron chi connectivity index (χ0n) is 16.3. The van der Waals surface area contributed by atoms with Gasteiger partial charge < -0.3 is 4.90 Å². The molecule has 2 aromatic rings. The first-order chi connectivity index (χ1) is 13.2. The van der Waals surface area contributed by atoms with E-state index in [9.17, 15) is 18.0 Å². The van der Waals surface area contributed by atoms with Gasteiger partial charge in [0, 0.05) is 45.3 Å². The molecule has 1 saturated heterocycles. The summed E-state index contributed by atoms with van der Waals surface area (Å²) in [5.41, 5.74) is 1.89. The Balaban J connectivity index is 1.57. The van der Waals surface area contributed by atoms with Crippen LogP contribution in [0.4, 0.5) is 13.2 Å². The molecular weight excluding hydrogens is 369 g/mol. The van der Waals surface area contributed by atoms with Crippen LogP contribution >= 0.6 is 0 Å². The third-order valence-corrected chi connectivity index (χ3v) is 5.53. The zero-order valence-corrected chi connectivity index (χ0v) is 16.3. The van der Waals surface area contributed by atoms with E-state index in [1.54, 1.807) is 11.9 Å². The average Bonchev–Trinajstić information content (AvgIpc) is 2.99. The molecule has 1 aliphatic heterocycles. The van der Waals surface area contributed by atoms with Crippen molar-refractivity contribution in [3.05, 3.63) is 52.8 Å². The lowest BCUT2D eigenvalue weighted by Crippen LogP contribution is -2.45. The lowest BCUT2D eigenvalue weighted by atomic mass is 10.0. The van der Waals surface area contributed by atoms with Crippen LogP contribution in [0.3, 0.4) is 0 Å². The van der Waals surface area contributed by atoms with E-state index in [4.69, 9.17) is 0 Å². The Morgan fingerprint density at radius 2 is 1.82 bits per heavy atom. The highest BCUT2D eigenvalue weighted by atomic mass is 19.4. The van der Waals surface area contributed by atoms with Crippen LogP contribution < -0.4 is 0 Å². The highest BCUT2D eigenvalue weighted by Gasteiger charge is 2.31. The quantitative estimate of drug-likeness (QED) is 0.797. The van der Waals surface area contributed by atoms with Crippen molar-refractivity contribution >= 4 is 5.91 Å². The monoisotopic (exact) mass is 394 g/mol. The molecule has 0 saturated carbocycles. The van der Waals surface area contributed by atoms with E-state index < -0.39 is 11.7 Å². The van der Waals surface area contributed by atoms with Gasteiger partial charge in [-0.05, 0) is 49.6 Å². The van der Waals surface area contributed by atoms with Gasteiger partial charge in [-0.15, -0.1) is 0 Å². The van der Waals surface area contributed by atoms with Gasteiger partial charge in [-0.2, -0.15) is 18.3 Å². The summed E-state index contributed by atoms with van der Waals surface area (Å²) >= 11 is 0. The van der Waals surface area contributed by atoms with Crippen molar-refractivity contribution in [2.24, 2.45) is 7.05 Å². The predicted molar refractivity (Wildman–Crippen MR) is 99.8 cm³/mol. The molecular formula is C20H25F3N4O. The molecule has 28 heavy (non-hydrogen) atoms. The summed E-state index contributed by atoms with van der Waals surface area (Å²) in [6.07, 6.45) is -0.870. The summed E-state index contributed by atoms with van der Waals surface area (Å²) in [4.78, 5) is 16.7. The van der Waals surface area contributed by atoms with Crippen LogP contribution in [0, 0.1) is 6.92 Å². The molecule has 3 rings (SSSR count). The van der Waals surface area contributed by atoms with Gasteiger partial charge in [0.05, 0.1) is 17.5 Å². The van der Waals surface area contributed by atoms with Crippen molar-refractivity contribution in [1.29, 1.82) is 0 Å². The Bertz CT molecular complexity index is 801. The first-order valence-electron chi connectivity index (χ1n) is 9.31. The molecule has 0 radical (unpaired) electrons. The molecule has 1 fully saturated rings. The summed E-state index contributed by atoms with van der Waals surface area (Å²) < 4.78 is 40.0. The lowest BCUT2D eigenvalue weighted by Gasteiger charge is -2.36. The number of aryl methyl sites for hydroxylation is 2. The Morgan fingerprint density at radius 3 is 2.32 bits per heavy atom. The number of piperidine rings is 1. The summed E-state index contributed by atoms with van der Waals surface area (Å²) in [5, 5.41) is 4.27. The number of hydrogen-bond donors (Lipinski definition) is 0. The van der Waals surface area contributed by atoms with E-state index in [1.807, 2.05) is 24.9 Å². The second-order valence-electron chi connectivity index (χ2n) is 7.40. The number of benzene rings is 1. The van der Waals surface area contributed by atoms with Crippen LogP contribution in [-0.2, 0) is 19.8 Å². The van der Waals surface area contributed by atoms with Gasteiger partial charge in [-0.1, -0.05) is 0 Å². The largest absolute Gasteiger partial charge is 0.416 e. The molecule has 1 aromatic heterocycles. The van der Waals surface area contributed by atoms with Gasteiger partial charge in [-0.3, -0.25) is 14.4 Å². The minimum absolute atomic E-state index is 0.0821. The van der Waals surface area contributed by atoms with Crippen molar-refractivity contribution < 1.29 is 18.0 Å². The maximum atomic E-state index is 12.7. The van der Waals surface area contributed by atoms with Gasteiger partial charge in [0.1, 0.15) is 0 Å². The second kappa shape index (κ2) is 7.95. The molecule has 0 unspecified atom stereocenters. The maximum Gasteiger partial charge on any atom is 0.416 e. The van der Waals surface area contributed by atoms with Crippen LogP contribution in [-0.4, -0.2) is 51.7 Å². The van der Waals surface area contributed by atoms with Crippen molar-refractivity contribution in [2.45, 2.75) is 38.5 Å². The fourth-order valence-electron chi connectivity index (χ4n) is 3.65. The number of rotatable bonds is 4. The predicted octanol–water partition coefficient (Wildman–Crippen LogP) is 3.48. The van der Waals surface area contributed by atoms with E-state index >= 15 is 0 Å². The molecule has 1 aromatic carbocycles. The van der Waals surface area contributed by atoms with E-state index in [2.05, 4.69) is 10.00 Å². The number of nitrogens with zero attached hydrogens (tertiary/aromatic N) is 4. The Morgan fingerprint density at radius 1 is 1.21 bits per heavy atom. The van der Waals surface area contributed by atoms with Crippen molar-refractivity contribution in [2.75, 3.05) is 20.1 Å². The molecule has 5 nitrogen and oxygen atoms in total. The number of hydrogen-bond acceptors (Lipinski definition) is 3. The van der Waals surface area contributed by atoms with Crippen LogP contribution in [0.15, 0.2) is 30.5 Å². The third kappa shape index (κ3) is 4.38. The minimum Gasteiger partial charge on any atom is -0.339 e. The molecule has 2 heterocycles. The molecule has 8 heteroatoms. The third-order valence-electron chi connectivity index (χ3n) is 5.53. The fraction of sp³-hybridized carbons (Fsp3) is 0.500. The number of likely N-dealkylation sites (tertiary alicyclic amines) is 1. The molecule has 152 valence electrons. The van der Waals surface area contributed by atoms with Gasteiger partial charge in [0.15, 0.2) is 0 Å². The Kier molecular flexibility index (Phi) is 5.79. The number of alkyl halides is 3. The summed E-state index contributed by atoms with van der Waals surface area (Å²) in [5.74, 6) is -0.241. The second-order valence-corrected chi connectivity index (χ2v) is 7.40. The van der Waals surface area contributed by atoms with Gasteiger partial charge in [-0.25, -0.2) is 0 Å². The van der Waals surface area contributed by atoms with E-state index in [1.165, 1.54) is 23.4 Å². The first kappa shape index (κ1) is 20.4. The molecule has 0 aliphatic carbocycles. The van der Waals surface area contributed by atoms with Crippen molar-refractivity contribution in [1.82, 2.24) is 19.6 Å². The standard InChI is InChI=1S/C20H25F3N4O/c1-14-12-24-26(3)18(14)13-27-10-8-17(9-11-27)25(2)19(28)15-4-6-16(7-5-15)20(21,22)23/h4-7,12,17H,8-11,13H2,1-3H3.